The second kappa shape index (κ2) is 23.1. The van der Waals surface area contributed by atoms with Gasteiger partial charge in [0, 0.05) is 0 Å². The zero-order valence-electron chi connectivity index (χ0n) is 36.2. The van der Waals surface area contributed by atoms with E-state index in [-0.39, 0.29) is 0 Å². The van der Waals surface area contributed by atoms with Crippen LogP contribution in [-0.4, -0.2) is 317 Å². The molecule has 0 saturated carbocycles. The molecule has 22 saturated heterocycles. The lowest BCUT2D eigenvalue weighted by molar-refractivity contribution is -0.403. The van der Waals surface area contributed by atoms with E-state index in [1.165, 1.54) is 0 Å². The molecular formula is C37H63N3O29. The van der Waals surface area contributed by atoms with Crippen LogP contribution in [0.4, 0.5) is 0 Å². The minimum atomic E-state index is -2.16. The van der Waals surface area contributed by atoms with Crippen molar-refractivity contribution in [2.75, 3.05) is 39.6 Å². The molecule has 0 aromatic rings. The second-order valence-electron chi connectivity index (χ2n) is 17.4. The van der Waals surface area contributed by atoms with E-state index in [1.807, 2.05) is 0 Å². The highest BCUT2D eigenvalue weighted by molar-refractivity contribution is 5.75. The first-order chi connectivity index (χ1) is 32.8. The van der Waals surface area contributed by atoms with Crippen molar-refractivity contribution in [2.24, 2.45) is 16.5 Å². The third-order valence-electron chi connectivity index (χ3n) is 12.9. The van der Waals surface area contributed by atoms with Gasteiger partial charge in [-0.1, -0.05) is 0 Å². The molecule has 69 heavy (non-hydrogen) atoms. The summed E-state index contributed by atoms with van der Waals surface area (Å²) in [5, 5.41) is 187. The summed E-state index contributed by atoms with van der Waals surface area (Å²) >= 11 is 0. The van der Waals surface area contributed by atoms with Crippen LogP contribution in [0.5, 0.6) is 0 Å². The number of nitrogens with zero attached hydrogens (tertiary/aromatic N) is 1. The van der Waals surface area contributed by atoms with Gasteiger partial charge in [-0.05, 0) is 0 Å². The summed E-state index contributed by atoms with van der Waals surface area (Å²) in [4.78, 5) is 3.85. The predicted molar refractivity (Wildman–Crippen MR) is 209 cm³/mol. The van der Waals surface area contributed by atoms with Gasteiger partial charge in [0.15, 0.2) is 43.7 Å². The summed E-state index contributed by atoms with van der Waals surface area (Å²) in [7, 11) is 0. The van der Waals surface area contributed by atoms with Crippen molar-refractivity contribution in [3.05, 3.63) is 0 Å². The molecule has 30 atom stereocenters. The van der Waals surface area contributed by atoms with Crippen LogP contribution in [0.3, 0.4) is 0 Å². The van der Waals surface area contributed by atoms with E-state index >= 15 is 0 Å². The fraction of sp³-hybridized carbons (Fsp3) is 0.973. The summed E-state index contributed by atoms with van der Waals surface area (Å²) in [5.74, 6) is -0.507. The average Bonchev–Trinajstić information content (AvgIpc) is 3.33. The molecule has 22 heterocycles. The van der Waals surface area contributed by atoms with Crippen molar-refractivity contribution in [2.45, 2.75) is 184 Å². The molecule has 22 rings (SSSR count). The molecule has 21 N–H and O–H groups in total. The van der Waals surface area contributed by atoms with E-state index in [1.54, 1.807) is 0 Å². The highest BCUT2D eigenvalue weighted by Crippen LogP contribution is 2.38. The lowest BCUT2D eigenvalue weighted by Crippen LogP contribution is -2.69. The Labute approximate surface area is 389 Å². The molecule has 22 aliphatic heterocycles. The summed E-state index contributed by atoms with van der Waals surface area (Å²) in [6.07, 6.45) is -58.6. The number of hydrogen-bond acceptors (Lipinski definition) is 30. The van der Waals surface area contributed by atoms with Crippen molar-refractivity contribution in [1.82, 2.24) is 0 Å². The van der Waals surface area contributed by atoms with Gasteiger partial charge in [0.05, 0.1) is 39.6 Å². The van der Waals surface area contributed by atoms with Crippen LogP contribution in [0, 0.1) is 0 Å². The van der Waals surface area contributed by atoms with Gasteiger partial charge < -0.3 is 155 Å². The molecule has 0 unspecified atom stereocenters. The maximum Gasteiger partial charge on any atom is 0.187 e. The van der Waals surface area contributed by atoms with E-state index in [0.29, 0.717) is 0 Å². The molecular weight excluding hydrogens is 950 g/mol. The number of rotatable bonds is 7. The number of aliphatic hydroxyl groups excluding tert-OH is 17. The van der Waals surface area contributed by atoms with Crippen LogP contribution >= 0.6 is 0 Å². The average molecular weight is 1010 g/mol. The SMILES string of the molecule is NC(N)=NC[C@H]1O[C@@H]2O[C@H]3[C@H](O)[C@@H](O)[C@@H](O[C@H]4[C@H](O)[C@@H](O)[C@@H](O[C@H]5[C@H](O)[C@@H](O)[C@@H](O[C@H]6[C@H](O)[C@@H](O)[C@@H](O[C@H]7[C@H](O)[C@@H](O)[C@@H](O[C@H]1[C@H](O)[C@H]2O)O[C@@H]7CO)O[C@@H]6CO)O[C@@H]5CO)O[C@@H]4CO)O[C@@H]3CO. The highest BCUT2D eigenvalue weighted by Gasteiger charge is 2.58. The van der Waals surface area contributed by atoms with Gasteiger partial charge in [0.1, 0.15) is 146 Å². The second-order valence-corrected chi connectivity index (χ2v) is 17.4. The molecule has 32 nitrogen and oxygen atoms in total. The Morgan fingerprint density at radius 1 is 0.275 bits per heavy atom. The Morgan fingerprint density at radius 2 is 0.449 bits per heavy atom. The molecule has 22 aliphatic rings. The van der Waals surface area contributed by atoms with Crippen molar-refractivity contribution in [3.8, 4) is 0 Å². The fourth-order valence-corrected chi connectivity index (χ4v) is 9.12. The van der Waals surface area contributed by atoms with E-state index < -0.39 is 230 Å². The van der Waals surface area contributed by atoms with Gasteiger partial charge in [-0.15, -0.1) is 0 Å². The minimum Gasteiger partial charge on any atom is -0.394 e. The Bertz CT molecular complexity index is 1650. The van der Waals surface area contributed by atoms with Gasteiger partial charge in [-0.3, -0.25) is 4.99 Å². The van der Waals surface area contributed by atoms with Gasteiger partial charge in [0.25, 0.3) is 0 Å². The predicted octanol–water partition coefficient (Wildman–Crippen LogP) is -13.8. The highest BCUT2D eigenvalue weighted by atomic mass is 16.8. The zero-order chi connectivity index (χ0) is 50.3. The molecule has 0 aliphatic carbocycles. The number of aliphatic hydroxyl groups is 17. The van der Waals surface area contributed by atoms with E-state index in [2.05, 4.69) is 4.99 Å². The van der Waals surface area contributed by atoms with Crippen LogP contribution in [0.2, 0.25) is 0 Å². The fourth-order valence-electron chi connectivity index (χ4n) is 9.12. The first-order valence-corrected chi connectivity index (χ1v) is 21.9. The van der Waals surface area contributed by atoms with Crippen LogP contribution in [0.25, 0.3) is 0 Å². The lowest BCUT2D eigenvalue weighted by atomic mass is 9.94. The van der Waals surface area contributed by atoms with Crippen molar-refractivity contribution in [3.63, 3.8) is 0 Å². The maximum absolute atomic E-state index is 11.5. The minimum absolute atomic E-state index is 0.507. The van der Waals surface area contributed by atoms with Gasteiger partial charge >= 0.3 is 0 Å². The number of nitrogens with two attached hydrogens (primary N) is 2. The molecule has 400 valence electrons. The summed E-state index contributed by atoms with van der Waals surface area (Å²) in [6, 6.07) is 0. The van der Waals surface area contributed by atoms with E-state index in [0.717, 1.165) is 0 Å². The first-order valence-electron chi connectivity index (χ1n) is 21.9. The van der Waals surface area contributed by atoms with Crippen molar-refractivity contribution in [1.29, 1.82) is 0 Å². The molecule has 0 radical (unpaired) electrons. The number of ether oxygens (including phenoxy) is 12. The monoisotopic (exact) mass is 1010 g/mol. The lowest BCUT2D eigenvalue weighted by Gasteiger charge is -2.50. The summed E-state index contributed by atoms with van der Waals surface area (Å²) in [6.45, 7) is -5.60. The number of hydrogen-bond donors (Lipinski definition) is 19. The van der Waals surface area contributed by atoms with Crippen LogP contribution in [0.1, 0.15) is 0 Å². The Hall–Kier alpha value is -1.89. The van der Waals surface area contributed by atoms with Crippen LogP contribution in [-0.2, 0) is 56.8 Å². The summed E-state index contributed by atoms with van der Waals surface area (Å²) in [5.41, 5.74) is 11.1. The van der Waals surface area contributed by atoms with Crippen LogP contribution in [0.15, 0.2) is 4.99 Å². The molecule has 0 amide bonds. The first kappa shape index (κ1) is 54.9. The standard InChI is InChI=1S/C37H63N3O29/c38-37(39)40-1-7-25-13(46)19(52)31(58-7)65-26-8(2-41)60-33(21(54)15(26)48)67-28-10(4-43)62-35(23(56)17(28)50)69-30-12(6-45)63-36(24(57)18(30)51)68-29-11(5-44)61-34(22(55)16(29)49)66-27-9(3-42)59-32(64-25)20(53)14(27)47/h7-36,41-57H,1-6H2,(H4,38,39,40)/t7-,8-,9-,10-,11-,12-,13-,14-,15-,16-,17-,18-,19-,20-,21-,22-,23-,24-,25-,26-,27-,28-,29-,30-,31-,32-,33-,34-,35-,36-/m1/s1. The Balaban J connectivity index is 1.21. The molecule has 0 aromatic heterocycles. The van der Waals surface area contributed by atoms with Gasteiger partial charge in [-0.2, -0.15) is 0 Å². The molecule has 0 aromatic carbocycles. The summed E-state index contributed by atoms with van der Waals surface area (Å²) < 4.78 is 68.6. The maximum atomic E-state index is 11.5. The zero-order valence-corrected chi connectivity index (χ0v) is 36.2. The van der Waals surface area contributed by atoms with Gasteiger partial charge in [0.2, 0.25) is 0 Å². The quantitative estimate of drug-likeness (QED) is 0.0832. The largest absolute Gasteiger partial charge is 0.394 e. The van der Waals surface area contributed by atoms with Crippen LogP contribution < -0.4 is 11.5 Å². The smallest absolute Gasteiger partial charge is 0.187 e. The molecule has 22 fully saturated rings. The third kappa shape index (κ3) is 11.0. The Morgan fingerprint density at radius 3 is 0.623 bits per heavy atom. The topological polar surface area (TPSA) is 519 Å². The number of guanidine groups is 1. The number of aliphatic imine (C=N–C) groups is 1. The van der Waals surface area contributed by atoms with Crippen molar-refractivity contribution < 1.29 is 144 Å². The third-order valence-corrected chi connectivity index (χ3v) is 12.9. The molecule has 32 heteroatoms. The Kier molecular flexibility index (Phi) is 18.4. The molecule has 12 bridgehead atoms. The molecule has 0 spiro atoms. The van der Waals surface area contributed by atoms with E-state index in [9.17, 15) is 86.8 Å². The van der Waals surface area contributed by atoms with Gasteiger partial charge in [-0.25, -0.2) is 0 Å². The van der Waals surface area contributed by atoms with Crippen molar-refractivity contribution >= 4 is 5.96 Å². The normalized spacial score (nSPS) is 53.3. The van der Waals surface area contributed by atoms with E-state index in [4.69, 9.17) is 68.3 Å².